The van der Waals surface area contributed by atoms with E-state index in [0.29, 0.717) is 100 Å². The van der Waals surface area contributed by atoms with Crippen LogP contribution in [0.15, 0.2) is 0 Å². The van der Waals surface area contributed by atoms with Crippen LogP contribution in [0.2, 0.25) is 0 Å². The molecule has 0 rings (SSSR count). The largest absolute Gasteiger partial charge is 0.477 e. The summed E-state index contributed by atoms with van der Waals surface area (Å²) in [6.45, 7) is 17.8. The van der Waals surface area contributed by atoms with Crippen molar-refractivity contribution in [1.29, 1.82) is 0 Å². The maximum Gasteiger partial charge on any atom is 0.359 e. The Hall–Kier alpha value is -4.00. The van der Waals surface area contributed by atoms with Gasteiger partial charge in [-0.25, -0.2) is 4.79 Å². The van der Waals surface area contributed by atoms with Crippen molar-refractivity contribution in [3.05, 3.63) is 29.7 Å². The summed E-state index contributed by atoms with van der Waals surface area (Å²) in [5.41, 5.74) is 0. The summed E-state index contributed by atoms with van der Waals surface area (Å²) < 4.78 is 5.65. The van der Waals surface area contributed by atoms with Crippen molar-refractivity contribution in [3.8, 4) is 0 Å². The smallest absolute Gasteiger partial charge is 0.359 e. The Morgan fingerprint density at radius 3 is 1.00 bits per heavy atom. The zero-order valence-electron chi connectivity index (χ0n) is 56.3. The summed E-state index contributed by atoms with van der Waals surface area (Å²) in [6, 6.07) is 0. The number of ketones is 6. The van der Waals surface area contributed by atoms with Gasteiger partial charge in [0, 0.05) is 67.2 Å². The van der Waals surface area contributed by atoms with Crippen LogP contribution in [0.5, 0.6) is 0 Å². The molecule has 0 saturated heterocycles. The number of nitrogens with one attached hydrogen (secondary N) is 1. The van der Waals surface area contributed by atoms with E-state index in [2.05, 4.69) is 10.1 Å². The fraction of sp³-hybridized carbons (Fsp3) is 0.772. The number of aliphatic carboxylic acids is 1. The monoisotopic (exact) mass is 1310 g/mol. The van der Waals surface area contributed by atoms with Gasteiger partial charge in [-0.15, -0.1) is 12.4 Å². The zero-order chi connectivity index (χ0) is 66.1. The van der Waals surface area contributed by atoms with Crippen LogP contribution in [0.3, 0.4) is 0 Å². The first-order valence-electron chi connectivity index (χ1n) is 27.3. The Labute approximate surface area is 533 Å². The Morgan fingerprint density at radius 2 is 0.739 bits per heavy atom. The molecule has 0 aliphatic rings. The number of nitrogens with zero attached hydrogens (tertiary/aromatic N) is 6. The number of ether oxygens (including phenoxy) is 1. The molecule has 0 aliphatic carbocycles. The van der Waals surface area contributed by atoms with E-state index in [1.165, 1.54) is 46.4 Å². The van der Waals surface area contributed by atoms with E-state index in [1.807, 2.05) is 21.1 Å². The Kier molecular flexibility index (Phi) is 91.4. The number of halogens is 1. The molecule has 0 saturated carbocycles. The molecule has 0 bridgehead atoms. The molecule has 30 nitrogen and oxygen atoms in total. The number of carbonyl (C=O) groups excluding carboxylic acids is 8. The SMILES string of the molecule is CC(=O)CN(CCO)CCO.CC(=O)CNCOC(C)=O.CC(=O)C[N+](C)(C)CCO.CC(=O)C[N+](C)(CCO)CCO.CC(=O)C[N+](CCO)(CCO)CC(=O)O.CC(=O)C[N+](CCO)(CCO)CCO.CCC(=O)N(CCO)CCO.Cl.[CH3-].[CH3-].[CH3-].[CH3-]. The molecule has 0 radical (unpaired) electrons. The van der Waals surface area contributed by atoms with Gasteiger partial charge < -0.3 is 124 Å². The van der Waals surface area contributed by atoms with Crippen LogP contribution in [0.4, 0.5) is 0 Å². The lowest BCUT2D eigenvalue weighted by molar-refractivity contribution is -0.921. The van der Waals surface area contributed by atoms with Gasteiger partial charge in [0.2, 0.25) is 5.91 Å². The molecule has 0 aromatic heterocycles. The van der Waals surface area contributed by atoms with Gasteiger partial charge in [0.1, 0.15) is 96.8 Å². The van der Waals surface area contributed by atoms with Gasteiger partial charge >= 0.3 is 11.9 Å². The number of rotatable bonds is 41. The maximum atomic E-state index is 11.0. The first-order chi connectivity index (χ1) is 38.7. The highest BCUT2D eigenvalue weighted by Crippen LogP contribution is 2.07. The average Bonchev–Trinajstić information content (AvgIpc) is 3.33. The van der Waals surface area contributed by atoms with Gasteiger partial charge in [0.25, 0.3) is 0 Å². The van der Waals surface area contributed by atoms with E-state index >= 15 is 0 Å². The van der Waals surface area contributed by atoms with Crippen LogP contribution < -0.4 is 5.32 Å². The predicted octanol–water partition coefficient (Wildman–Crippen LogP) is -4.54. The highest BCUT2D eigenvalue weighted by atomic mass is 35.5. The molecular weight excluding hydrogens is 1190 g/mol. The van der Waals surface area contributed by atoms with Crippen LogP contribution in [0.1, 0.15) is 61.8 Å². The summed E-state index contributed by atoms with van der Waals surface area (Å²) in [4.78, 5) is 99.3. The van der Waals surface area contributed by atoms with E-state index in [1.54, 1.807) is 18.7 Å². The zero-order valence-corrected chi connectivity index (χ0v) is 57.1. The van der Waals surface area contributed by atoms with Gasteiger partial charge in [-0.05, 0) is 13.8 Å². The highest BCUT2D eigenvalue weighted by molar-refractivity contribution is 5.85. The van der Waals surface area contributed by atoms with Gasteiger partial charge in [-0.3, -0.25) is 48.6 Å². The maximum absolute atomic E-state index is 11.0. The standard InChI is InChI=1S/C9H17NO5.C9H20NO4.C8H18NO3.2C7H15NO3.C7H16NO2.C6H11NO3.4CH3.ClH/c1-8(13)6-10(2-4-11,3-5-12)7-9(14)15;1-9(14)8-10(2-5-11,3-6-12)4-7-13;1-8(12)7-9(2,3-5-10)4-6-11;1-7(11)6-8(2-4-9)3-5-10;1-2-7(11)8(3-5-9)4-6-10;1-7(10)6-8(2,3)4-5-9;1-5(8)3-7-4-10-6(2)9;;;;;/h11-12H,2-7H2,1H3;11-13H,2-8H2,1H3;10-11H,3-7H2,1-2H3;2*9-10H,2-6H2,1H3;9H,4-6H2,1-3H3;7H,3-4H2,1-2H3;4*1H3;1H/q;2*+1;;;+1;;4*-1;/p+1. The number of amides is 1. The fourth-order valence-corrected chi connectivity index (χ4v) is 7.67. The van der Waals surface area contributed by atoms with Crippen molar-refractivity contribution < 1.29 is 132 Å². The highest BCUT2D eigenvalue weighted by Gasteiger charge is 2.31. The average molecular weight is 1310 g/mol. The topological polar surface area (TPSA) is 444 Å². The third-order valence-electron chi connectivity index (χ3n) is 11.1. The van der Waals surface area contributed by atoms with Gasteiger partial charge in [0.15, 0.2) is 29.7 Å². The molecule has 0 aromatic rings. The number of esters is 1. The third kappa shape index (κ3) is 80.0. The number of Topliss-reactive ketones (excluding diaryl/α,β-unsaturated/α-hetero) is 6. The second kappa shape index (κ2) is 72.1. The van der Waals surface area contributed by atoms with E-state index in [4.69, 9.17) is 66.4 Å². The summed E-state index contributed by atoms with van der Waals surface area (Å²) in [6.07, 6.45) is 0.417. The summed E-state index contributed by atoms with van der Waals surface area (Å²) in [5, 5.41) is 116. The fourth-order valence-electron chi connectivity index (χ4n) is 7.67. The molecule has 0 unspecified atom stereocenters. The van der Waals surface area contributed by atoms with Crippen molar-refractivity contribution in [2.24, 2.45) is 0 Å². The van der Waals surface area contributed by atoms with Gasteiger partial charge in [-0.1, -0.05) is 6.92 Å². The molecule has 0 heterocycles. The number of carboxylic acids is 1. The number of hydrogen-bond acceptors (Lipinski definition) is 24. The molecule has 0 spiro atoms. The van der Waals surface area contributed by atoms with E-state index in [-0.39, 0.29) is 223 Å². The lowest BCUT2D eigenvalue weighted by Crippen LogP contribution is -2.56. The normalized spacial score (nSPS) is 10.3. The lowest BCUT2D eigenvalue weighted by Gasteiger charge is -2.36. The van der Waals surface area contributed by atoms with Crippen molar-refractivity contribution in [1.82, 2.24) is 15.1 Å². The van der Waals surface area contributed by atoms with Crippen LogP contribution >= 0.6 is 12.4 Å². The summed E-state index contributed by atoms with van der Waals surface area (Å²) in [7, 11) is 5.71. The molecule has 1 amide bonds. The summed E-state index contributed by atoms with van der Waals surface area (Å²) in [5.74, 6) is -1.27. The number of aliphatic hydroxyl groups is 12. The van der Waals surface area contributed by atoms with E-state index in [9.17, 15) is 43.2 Å². The number of likely N-dealkylation sites (N-methyl/N-ethyl adjacent to an activating group) is 2. The second-order valence-corrected chi connectivity index (χ2v) is 20.3. The van der Waals surface area contributed by atoms with Gasteiger partial charge in [0.05, 0.1) is 114 Å². The number of hydrogen-bond donors (Lipinski definition) is 14. The van der Waals surface area contributed by atoms with Crippen molar-refractivity contribution in [2.75, 3.05) is 232 Å². The number of carbonyl (C=O) groups is 9. The molecule has 0 fully saturated rings. The lowest BCUT2D eigenvalue weighted by atomic mass is 10.2. The summed E-state index contributed by atoms with van der Waals surface area (Å²) >= 11 is 0. The number of quaternary nitrogens is 4. The molecule has 0 atom stereocenters. The Morgan fingerprint density at radius 1 is 0.409 bits per heavy atom. The van der Waals surface area contributed by atoms with Crippen LogP contribution in [-0.2, 0) is 47.9 Å². The second-order valence-electron chi connectivity index (χ2n) is 20.3. The van der Waals surface area contributed by atoms with E-state index < -0.39 is 5.97 Å². The third-order valence-corrected chi connectivity index (χ3v) is 11.1. The minimum atomic E-state index is -1.04. The molecule has 88 heavy (non-hydrogen) atoms. The first-order valence-corrected chi connectivity index (χ1v) is 27.3. The molecular formula is C57H126ClN7O23. The molecule has 0 aliphatic heterocycles. The van der Waals surface area contributed by atoms with Crippen LogP contribution in [-0.4, -0.2) is 378 Å². The molecule has 0 aromatic carbocycles. The van der Waals surface area contributed by atoms with Gasteiger partial charge in [-0.2, -0.15) is 0 Å². The molecule has 534 valence electrons. The minimum Gasteiger partial charge on any atom is -0.477 e. The molecule has 14 N–H and O–H groups in total. The van der Waals surface area contributed by atoms with Crippen molar-refractivity contribution in [3.63, 3.8) is 0 Å². The van der Waals surface area contributed by atoms with Crippen molar-refractivity contribution in [2.45, 2.75) is 61.8 Å². The number of aliphatic hydroxyl groups excluding tert-OH is 12. The quantitative estimate of drug-likeness (QED) is 0.00901. The van der Waals surface area contributed by atoms with E-state index in [0.717, 1.165) is 0 Å². The van der Waals surface area contributed by atoms with Crippen molar-refractivity contribution >= 4 is 65.0 Å². The van der Waals surface area contributed by atoms with Crippen LogP contribution in [0.25, 0.3) is 0 Å². The van der Waals surface area contributed by atoms with Crippen LogP contribution in [0, 0.1) is 29.7 Å². The Bertz CT molecular complexity index is 1630. The number of carboxylic acid groups (broad SMARTS) is 1. The predicted molar refractivity (Wildman–Crippen MR) is 340 cm³/mol. The Balaban J connectivity index is -0.0000000762. The molecule has 31 heteroatoms. The first kappa shape index (κ1) is 112. The minimum absolute atomic E-state index is 0.